The average Bonchev–Trinajstić information content (AvgIpc) is 3.20. The van der Waals surface area contributed by atoms with Crippen molar-refractivity contribution in [1.82, 2.24) is 24.8 Å². The number of fused-ring (bicyclic) bond motifs is 1. The molecule has 3 N–H and O–H groups in total. The van der Waals surface area contributed by atoms with Crippen molar-refractivity contribution in [2.24, 2.45) is 0 Å². The number of rotatable bonds is 10. The van der Waals surface area contributed by atoms with E-state index in [1.54, 1.807) is 55.9 Å². The number of hydrogen-bond donors (Lipinski definition) is 3. The average molecular weight is 485 g/mol. The van der Waals surface area contributed by atoms with Crippen LogP contribution in [-0.4, -0.2) is 67.5 Å². The van der Waals surface area contributed by atoms with E-state index in [0.29, 0.717) is 29.7 Å². The molecule has 2 amide bonds. The van der Waals surface area contributed by atoms with Gasteiger partial charge in [-0.25, -0.2) is 24.5 Å². The van der Waals surface area contributed by atoms with Crippen molar-refractivity contribution in [2.45, 2.75) is 45.4 Å². The molecule has 0 aliphatic rings. The van der Waals surface area contributed by atoms with Gasteiger partial charge in [0.1, 0.15) is 18.5 Å². The first-order chi connectivity index (χ1) is 16.6. The van der Waals surface area contributed by atoms with E-state index in [1.165, 1.54) is 6.33 Å². The minimum absolute atomic E-state index is 0.0223. The number of carboxylic acid groups (broad SMARTS) is 1. The number of imidazole rings is 1. The van der Waals surface area contributed by atoms with Crippen molar-refractivity contribution >= 4 is 35.0 Å². The molecule has 3 rings (SSSR count). The molecule has 0 bridgehead atoms. The molecule has 12 nitrogen and oxygen atoms in total. The zero-order chi connectivity index (χ0) is 25.4. The third-order valence-corrected chi connectivity index (χ3v) is 4.65. The van der Waals surface area contributed by atoms with E-state index in [4.69, 9.17) is 14.6 Å². The van der Waals surface area contributed by atoms with Crippen LogP contribution in [0, 0.1) is 0 Å². The maximum atomic E-state index is 12.5. The Kier molecular flexibility index (Phi) is 8.31. The van der Waals surface area contributed by atoms with E-state index in [2.05, 4.69) is 25.6 Å². The van der Waals surface area contributed by atoms with Crippen LogP contribution in [0.2, 0.25) is 0 Å². The third-order valence-electron chi connectivity index (χ3n) is 4.65. The summed E-state index contributed by atoms with van der Waals surface area (Å²) in [6.07, 6.45) is 2.62. The number of amides is 2. The van der Waals surface area contributed by atoms with Gasteiger partial charge in [0.15, 0.2) is 17.0 Å². The number of hydrogen-bond acceptors (Lipinski definition) is 8. The van der Waals surface area contributed by atoms with Crippen molar-refractivity contribution in [2.75, 3.05) is 18.5 Å². The second kappa shape index (κ2) is 11.4. The third kappa shape index (κ3) is 7.74. The number of aryl methyl sites for hydroxylation is 1. The summed E-state index contributed by atoms with van der Waals surface area (Å²) in [6, 6.07) is 8.20. The standard InChI is InChI=1S/C23H28N6O6/c1-23(2,3)35-22(33)27-16(11-34-12-17(30)31)9-10-29-14-26-18-19(24-13-25-20(18)29)28-21(32)15-7-5-4-6-8-15/h4-8,13-14,16H,9-12H2,1-3H3,(H,27,33)(H,30,31)(H,24,25,28,32)/t16-/m0/s1. The number of anilines is 1. The highest BCUT2D eigenvalue weighted by Gasteiger charge is 2.21. The summed E-state index contributed by atoms with van der Waals surface area (Å²) in [7, 11) is 0. The number of aliphatic carboxylic acids is 1. The van der Waals surface area contributed by atoms with Gasteiger partial charge in [-0.3, -0.25) is 4.79 Å². The molecular weight excluding hydrogens is 456 g/mol. The highest BCUT2D eigenvalue weighted by Crippen LogP contribution is 2.19. The summed E-state index contributed by atoms with van der Waals surface area (Å²) >= 11 is 0. The molecular formula is C23H28N6O6. The van der Waals surface area contributed by atoms with Gasteiger partial charge in [-0.1, -0.05) is 18.2 Å². The number of aromatic nitrogens is 4. The summed E-state index contributed by atoms with van der Waals surface area (Å²) in [5.74, 6) is -1.16. The van der Waals surface area contributed by atoms with Crippen molar-refractivity contribution in [3.05, 3.63) is 48.5 Å². The largest absolute Gasteiger partial charge is 0.480 e. The smallest absolute Gasteiger partial charge is 0.407 e. The summed E-state index contributed by atoms with van der Waals surface area (Å²) in [6.45, 7) is 5.09. The Morgan fingerprint density at radius 1 is 1.11 bits per heavy atom. The molecule has 0 aliphatic carbocycles. The van der Waals surface area contributed by atoms with Crippen molar-refractivity contribution in [3.8, 4) is 0 Å². The normalized spacial score (nSPS) is 12.2. The van der Waals surface area contributed by atoms with E-state index in [9.17, 15) is 14.4 Å². The van der Waals surface area contributed by atoms with Gasteiger partial charge >= 0.3 is 12.1 Å². The fourth-order valence-corrected chi connectivity index (χ4v) is 3.16. The minimum Gasteiger partial charge on any atom is -0.480 e. The highest BCUT2D eigenvalue weighted by molar-refractivity contribution is 6.06. The molecule has 1 aromatic carbocycles. The molecule has 0 fully saturated rings. The summed E-state index contributed by atoms with van der Waals surface area (Å²) in [5, 5.41) is 14.3. The highest BCUT2D eigenvalue weighted by atomic mass is 16.6. The number of alkyl carbamates (subject to hydrolysis) is 1. The fraction of sp³-hybridized carbons (Fsp3) is 0.391. The van der Waals surface area contributed by atoms with Crippen LogP contribution in [0.15, 0.2) is 43.0 Å². The Balaban J connectivity index is 1.70. The predicted molar refractivity (Wildman–Crippen MR) is 126 cm³/mol. The summed E-state index contributed by atoms with van der Waals surface area (Å²) in [4.78, 5) is 48.3. The Morgan fingerprint density at radius 3 is 2.54 bits per heavy atom. The number of carboxylic acids is 1. The first kappa shape index (κ1) is 25.6. The monoisotopic (exact) mass is 484 g/mol. The predicted octanol–water partition coefficient (Wildman–Crippen LogP) is 2.46. The second-order valence-corrected chi connectivity index (χ2v) is 8.69. The van der Waals surface area contributed by atoms with Crippen molar-refractivity contribution in [3.63, 3.8) is 0 Å². The zero-order valence-corrected chi connectivity index (χ0v) is 19.7. The van der Waals surface area contributed by atoms with Crippen LogP contribution in [0.4, 0.5) is 10.6 Å². The SMILES string of the molecule is CC(C)(C)OC(=O)N[C@@H](CCn1cnc2c(NC(=O)c3ccccc3)ncnc21)COCC(=O)O. The van der Waals surface area contributed by atoms with Crippen LogP contribution in [0.5, 0.6) is 0 Å². The van der Waals surface area contributed by atoms with E-state index in [0.717, 1.165) is 0 Å². The van der Waals surface area contributed by atoms with Gasteiger partial charge in [0.05, 0.1) is 19.0 Å². The lowest BCUT2D eigenvalue weighted by atomic mass is 10.2. The lowest BCUT2D eigenvalue weighted by molar-refractivity contribution is -0.142. The van der Waals surface area contributed by atoms with Gasteiger partial charge in [0, 0.05) is 12.1 Å². The maximum absolute atomic E-state index is 12.5. The molecule has 12 heteroatoms. The quantitative estimate of drug-likeness (QED) is 0.393. The van der Waals surface area contributed by atoms with E-state index in [1.807, 2.05) is 6.07 Å². The van der Waals surface area contributed by atoms with Crippen LogP contribution in [-0.2, 0) is 20.8 Å². The molecule has 0 aliphatic heterocycles. The molecule has 0 radical (unpaired) electrons. The molecule has 0 saturated carbocycles. The van der Waals surface area contributed by atoms with Gasteiger partial charge in [0.25, 0.3) is 5.91 Å². The Morgan fingerprint density at radius 2 is 1.86 bits per heavy atom. The van der Waals surface area contributed by atoms with E-state index < -0.39 is 30.3 Å². The van der Waals surface area contributed by atoms with Crippen LogP contribution in [0.25, 0.3) is 11.2 Å². The molecule has 3 aromatic rings. The number of nitrogens with one attached hydrogen (secondary N) is 2. The molecule has 186 valence electrons. The Bertz CT molecular complexity index is 1170. The van der Waals surface area contributed by atoms with Gasteiger partial charge in [-0.05, 0) is 39.3 Å². The lowest BCUT2D eigenvalue weighted by Gasteiger charge is -2.23. The van der Waals surface area contributed by atoms with Crippen LogP contribution >= 0.6 is 0 Å². The van der Waals surface area contributed by atoms with E-state index in [-0.39, 0.29) is 18.3 Å². The molecule has 0 unspecified atom stereocenters. The number of ether oxygens (including phenoxy) is 2. The molecule has 2 aromatic heterocycles. The lowest BCUT2D eigenvalue weighted by Crippen LogP contribution is -2.42. The number of benzene rings is 1. The van der Waals surface area contributed by atoms with Crippen LogP contribution < -0.4 is 10.6 Å². The van der Waals surface area contributed by atoms with Crippen LogP contribution in [0.3, 0.4) is 0 Å². The van der Waals surface area contributed by atoms with Gasteiger partial charge in [0.2, 0.25) is 0 Å². The Hall–Kier alpha value is -4.06. The molecule has 1 atom stereocenters. The molecule has 35 heavy (non-hydrogen) atoms. The van der Waals surface area contributed by atoms with Crippen molar-refractivity contribution in [1.29, 1.82) is 0 Å². The molecule has 2 heterocycles. The minimum atomic E-state index is -1.11. The van der Waals surface area contributed by atoms with E-state index >= 15 is 0 Å². The van der Waals surface area contributed by atoms with Gasteiger partial charge < -0.3 is 29.8 Å². The number of nitrogens with zero attached hydrogens (tertiary/aromatic N) is 4. The fourth-order valence-electron chi connectivity index (χ4n) is 3.16. The molecule has 0 saturated heterocycles. The summed E-state index contributed by atoms with van der Waals surface area (Å²) in [5.41, 5.74) is 0.701. The summed E-state index contributed by atoms with van der Waals surface area (Å²) < 4.78 is 12.2. The second-order valence-electron chi connectivity index (χ2n) is 8.69. The number of carbonyl (C=O) groups is 3. The molecule has 0 spiro atoms. The van der Waals surface area contributed by atoms with Gasteiger partial charge in [-0.15, -0.1) is 0 Å². The Labute approximate surface area is 201 Å². The number of carbonyl (C=O) groups excluding carboxylic acids is 2. The first-order valence-corrected chi connectivity index (χ1v) is 10.9. The topological polar surface area (TPSA) is 158 Å². The first-order valence-electron chi connectivity index (χ1n) is 10.9. The van der Waals surface area contributed by atoms with Crippen LogP contribution in [0.1, 0.15) is 37.6 Å². The zero-order valence-electron chi connectivity index (χ0n) is 19.7. The maximum Gasteiger partial charge on any atom is 0.407 e. The van der Waals surface area contributed by atoms with Gasteiger partial charge in [-0.2, -0.15) is 0 Å². The van der Waals surface area contributed by atoms with Crippen molar-refractivity contribution < 1.29 is 29.0 Å².